The molecule has 0 heterocycles. The van der Waals surface area contributed by atoms with E-state index in [1.54, 1.807) is 14.0 Å². The van der Waals surface area contributed by atoms with Crippen molar-refractivity contribution in [1.29, 1.82) is 0 Å². The first-order valence-corrected chi connectivity index (χ1v) is 9.78. The number of guanidine groups is 1. The van der Waals surface area contributed by atoms with Crippen LogP contribution in [0.2, 0.25) is 0 Å². The maximum Gasteiger partial charge on any atom is 0.211 e. The zero-order valence-corrected chi connectivity index (χ0v) is 18.2. The fraction of sp³-hybridized carbons (Fsp3) is 0.562. The molecule has 0 unspecified atom stereocenters. The van der Waals surface area contributed by atoms with Crippen LogP contribution in [0, 0.1) is 0 Å². The van der Waals surface area contributed by atoms with E-state index in [1.165, 1.54) is 5.56 Å². The lowest BCUT2D eigenvalue weighted by Gasteiger charge is -2.11. The molecule has 0 aliphatic heterocycles. The summed E-state index contributed by atoms with van der Waals surface area (Å²) >= 11 is 0. The number of halogens is 1. The van der Waals surface area contributed by atoms with Crippen LogP contribution >= 0.6 is 24.0 Å². The van der Waals surface area contributed by atoms with Gasteiger partial charge in [0.05, 0.1) is 19.4 Å². The number of nitrogens with zero attached hydrogens (tertiary/aromatic N) is 1. The van der Waals surface area contributed by atoms with Gasteiger partial charge in [-0.15, -0.1) is 24.0 Å². The van der Waals surface area contributed by atoms with Crippen LogP contribution in [0.4, 0.5) is 0 Å². The Morgan fingerprint density at radius 1 is 1.12 bits per heavy atom. The summed E-state index contributed by atoms with van der Waals surface area (Å²) in [4.78, 5) is 4.36. The maximum absolute atomic E-state index is 11.3. The zero-order valence-electron chi connectivity index (χ0n) is 15.0. The van der Waals surface area contributed by atoms with Gasteiger partial charge in [0.25, 0.3) is 0 Å². The number of rotatable bonds is 10. The number of sulfonamides is 1. The van der Waals surface area contributed by atoms with Gasteiger partial charge in [-0.05, 0) is 38.0 Å². The van der Waals surface area contributed by atoms with E-state index in [-0.39, 0.29) is 29.7 Å². The molecule has 7 nitrogen and oxygen atoms in total. The molecule has 0 saturated carbocycles. The normalized spacial score (nSPS) is 11.6. The van der Waals surface area contributed by atoms with Gasteiger partial charge in [-0.25, -0.2) is 13.1 Å². The van der Waals surface area contributed by atoms with Gasteiger partial charge < -0.3 is 15.4 Å². The molecule has 144 valence electrons. The first-order valence-electron chi connectivity index (χ1n) is 8.13. The third-order valence-corrected chi connectivity index (χ3v) is 4.70. The molecular weight excluding hydrogens is 455 g/mol. The van der Waals surface area contributed by atoms with E-state index in [0.29, 0.717) is 19.0 Å². The Hall–Kier alpha value is -1.07. The SMILES string of the molecule is CCNC(=NCCNS(=O)(=O)CC)NCCc1ccc(OC)cc1.I. The lowest BCUT2D eigenvalue weighted by Crippen LogP contribution is -2.39. The number of ether oxygens (including phenoxy) is 1. The van der Waals surface area contributed by atoms with Crippen LogP contribution < -0.4 is 20.1 Å². The van der Waals surface area contributed by atoms with Gasteiger partial charge in [0.1, 0.15) is 5.75 Å². The minimum absolute atomic E-state index is 0. The Morgan fingerprint density at radius 3 is 2.36 bits per heavy atom. The van der Waals surface area contributed by atoms with Gasteiger partial charge in [0.2, 0.25) is 10.0 Å². The van der Waals surface area contributed by atoms with Gasteiger partial charge in [0.15, 0.2) is 5.96 Å². The molecule has 1 aromatic rings. The third-order valence-electron chi connectivity index (χ3n) is 3.29. The van der Waals surface area contributed by atoms with Crippen molar-refractivity contribution in [3.05, 3.63) is 29.8 Å². The van der Waals surface area contributed by atoms with Crippen LogP contribution in [-0.2, 0) is 16.4 Å². The molecule has 0 aromatic heterocycles. The molecule has 0 fully saturated rings. The summed E-state index contributed by atoms with van der Waals surface area (Å²) in [5.74, 6) is 1.61. The van der Waals surface area contributed by atoms with Crippen molar-refractivity contribution < 1.29 is 13.2 Å². The zero-order chi connectivity index (χ0) is 17.8. The number of nitrogens with one attached hydrogen (secondary N) is 3. The topological polar surface area (TPSA) is 91.8 Å². The molecule has 25 heavy (non-hydrogen) atoms. The highest BCUT2D eigenvalue weighted by atomic mass is 127. The number of hydrogen-bond acceptors (Lipinski definition) is 4. The van der Waals surface area contributed by atoms with Gasteiger partial charge in [-0.2, -0.15) is 0 Å². The summed E-state index contributed by atoms with van der Waals surface area (Å²) < 4.78 is 30.3. The van der Waals surface area contributed by atoms with Crippen molar-refractivity contribution >= 4 is 40.0 Å². The van der Waals surface area contributed by atoms with E-state index in [0.717, 1.165) is 25.3 Å². The van der Waals surface area contributed by atoms with Crippen molar-refractivity contribution in [1.82, 2.24) is 15.4 Å². The molecule has 0 spiro atoms. The molecule has 3 N–H and O–H groups in total. The van der Waals surface area contributed by atoms with E-state index in [1.807, 2.05) is 31.2 Å². The molecule has 0 saturated heterocycles. The molecule has 0 atom stereocenters. The highest BCUT2D eigenvalue weighted by molar-refractivity contribution is 14.0. The molecular formula is C16H29IN4O3S. The second kappa shape index (κ2) is 13.2. The lowest BCUT2D eigenvalue weighted by molar-refractivity contribution is 0.414. The van der Waals surface area contributed by atoms with Crippen molar-refractivity contribution in [2.24, 2.45) is 4.99 Å². The monoisotopic (exact) mass is 484 g/mol. The average molecular weight is 484 g/mol. The first kappa shape index (κ1) is 23.9. The molecule has 0 aliphatic carbocycles. The average Bonchev–Trinajstić information content (AvgIpc) is 2.59. The van der Waals surface area contributed by atoms with Crippen molar-refractivity contribution in [2.45, 2.75) is 20.3 Å². The summed E-state index contributed by atoms with van der Waals surface area (Å²) in [5.41, 5.74) is 1.20. The largest absolute Gasteiger partial charge is 0.497 e. The Balaban J connectivity index is 0.00000576. The number of methoxy groups -OCH3 is 1. The number of hydrogen-bond donors (Lipinski definition) is 3. The van der Waals surface area contributed by atoms with Crippen molar-refractivity contribution in [3.8, 4) is 5.75 Å². The van der Waals surface area contributed by atoms with Crippen molar-refractivity contribution in [2.75, 3.05) is 39.0 Å². The third kappa shape index (κ3) is 10.5. The first-order chi connectivity index (χ1) is 11.5. The number of benzene rings is 1. The van der Waals surface area contributed by atoms with Gasteiger partial charge in [-0.1, -0.05) is 12.1 Å². The quantitative estimate of drug-likeness (QED) is 0.202. The molecule has 1 rings (SSSR count). The van der Waals surface area contributed by atoms with Gasteiger partial charge in [-0.3, -0.25) is 4.99 Å². The summed E-state index contributed by atoms with van der Waals surface area (Å²) in [5, 5.41) is 6.38. The highest BCUT2D eigenvalue weighted by Crippen LogP contribution is 2.11. The Bertz CT molecular complexity index is 606. The Labute approximate surface area is 168 Å². The maximum atomic E-state index is 11.3. The van der Waals surface area contributed by atoms with E-state index < -0.39 is 10.0 Å². The Kier molecular flexibility index (Phi) is 12.6. The summed E-state index contributed by atoms with van der Waals surface area (Å²) in [7, 11) is -1.51. The second-order valence-corrected chi connectivity index (χ2v) is 7.18. The van der Waals surface area contributed by atoms with Crippen LogP contribution in [0.1, 0.15) is 19.4 Å². The van der Waals surface area contributed by atoms with Crippen LogP contribution in [0.5, 0.6) is 5.75 Å². The molecule has 0 radical (unpaired) electrons. The minimum Gasteiger partial charge on any atom is -0.497 e. The Morgan fingerprint density at radius 2 is 1.80 bits per heavy atom. The summed E-state index contributed by atoms with van der Waals surface area (Å²) in [6.07, 6.45) is 0.858. The predicted octanol–water partition coefficient (Wildman–Crippen LogP) is 1.35. The predicted molar refractivity (Wildman–Crippen MR) is 114 cm³/mol. The number of aliphatic imine (C=N–C) groups is 1. The molecule has 9 heteroatoms. The van der Waals surface area contributed by atoms with E-state index in [9.17, 15) is 8.42 Å². The standard InChI is InChI=1S/C16H28N4O3S.HI/c1-4-17-16(19-12-13-20-24(21,22)5-2)18-11-10-14-6-8-15(23-3)9-7-14;/h6-9,20H,4-5,10-13H2,1-3H3,(H2,17,18,19);1H. The van der Waals surface area contributed by atoms with Crippen LogP contribution in [0.15, 0.2) is 29.3 Å². The van der Waals surface area contributed by atoms with Crippen LogP contribution in [0.25, 0.3) is 0 Å². The molecule has 0 bridgehead atoms. The fourth-order valence-electron chi connectivity index (χ4n) is 1.93. The fourth-order valence-corrected chi connectivity index (χ4v) is 2.54. The van der Waals surface area contributed by atoms with E-state index >= 15 is 0 Å². The van der Waals surface area contributed by atoms with Gasteiger partial charge >= 0.3 is 0 Å². The second-order valence-electron chi connectivity index (χ2n) is 5.08. The molecule has 0 aliphatic rings. The summed E-state index contributed by atoms with van der Waals surface area (Å²) in [6.45, 7) is 5.76. The van der Waals surface area contributed by atoms with E-state index in [2.05, 4.69) is 20.3 Å². The van der Waals surface area contributed by atoms with Crippen LogP contribution in [-0.4, -0.2) is 53.4 Å². The molecule has 0 amide bonds. The summed E-state index contributed by atoms with van der Waals surface area (Å²) in [6, 6.07) is 7.94. The lowest BCUT2D eigenvalue weighted by atomic mass is 10.1. The highest BCUT2D eigenvalue weighted by Gasteiger charge is 2.04. The minimum atomic E-state index is -3.16. The van der Waals surface area contributed by atoms with Crippen LogP contribution in [0.3, 0.4) is 0 Å². The van der Waals surface area contributed by atoms with Gasteiger partial charge in [0, 0.05) is 19.6 Å². The van der Waals surface area contributed by atoms with Crippen molar-refractivity contribution in [3.63, 3.8) is 0 Å². The van der Waals surface area contributed by atoms with E-state index in [4.69, 9.17) is 4.74 Å². The smallest absolute Gasteiger partial charge is 0.211 e. The molecule has 1 aromatic carbocycles.